The maximum Gasteiger partial charge on any atom is 0.191 e. The summed E-state index contributed by atoms with van der Waals surface area (Å²) in [6, 6.07) is 4.46. The van der Waals surface area contributed by atoms with E-state index in [0.717, 1.165) is 31.2 Å². The summed E-state index contributed by atoms with van der Waals surface area (Å²) in [6.45, 7) is 9.60. The highest BCUT2D eigenvalue weighted by Crippen LogP contribution is 2.10. The number of furan rings is 1. The lowest BCUT2D eigenvalue weighted by Gasteiger charge is -2.32. The Balaban J connectivity index is 0.00000264. The van der Waals surface area contributed by atoms with Crippen LogP contribution in [0.15, 0.2) is 27.8 Å². The van der Waals surface area contributed by atoms with Gasteiger partial charge in [0.05, 0.1) is 6.26 Å². The molecular formula is C17H31IN4O. The fraction of sp³-hybridized carbons (Fsp3) is 0.706. The molecule has 1 fully saturated rings. The van der Waals surface area contributed by atoms with Crippen molar-refractivity contribution >= 4 is 29.9 Å². The van der Waals surface area contributed by atoms with Gasteiger partial charge in [-0.15, -0.1) is 24.0 Å². The predicted octanol–water partition coefficient (Wildman–Crippen LogP) is 2.87. The molecule has 0 bridgehead atoms. The molecule has 23 heavy (non-hydrogen) atoms. The molecule has 0 radical (unpaired) electrons. The fourth-order valence-electron chi connectivity index (χ4n) is 2.86. The van der Waals surface area contributed by atoms with E-state index in [1.807, 2.05) is 12.1 Å². The molecule has 0 aliphatic carbocycles. The summed E-state index contributed by atoms with van der Waals surface area (Å²) in [5, 5.41) is 6.92. The van der Waals surface area contributed by atoms with Crippen LogP contribution in [0.1, 0.15) is 38.9 Å². The maximum atomic E-state index is 5.34. The number of piperidine rings is 1. The average molecular weight is 434 g/mol. The minimum Gasteiger partial charge on any atom is -0.469 e. The zero-order valence-electron chi connectivity index (χ0n) is 14.4. The summed E-state index contributed by atoms with van der Waals surface area (Å²) in [7, 11) is 0. The van der Waals surface area contributed by atoms with Crippen molar-refractivity contribution in [1.82, 2.24) is 15.5 Å². The smallest absolute Gasteiger partial charge is 0.191 e. The van der Waals surface area contributed by atoms with Crippen molar-refractivity contribution in [1.29, 1.82) is 0 Å². The number of hydrogen-bond donors (Lipinski definition) is 2. The molecule has 2 rings (SSSR count). The van der Waals surface area contributed by atoms with Gasteiger partial charge < -0.3 is 20.0 Å². The Hall–Kier alpha value is -0.760. The van der Waals surface area contributed by atoms with E-state index < -0.39 is 0 Å². The largest absolute Gasteiger partial charge is 0.469 e. The van der Waals surface area contributed by atoms with Crippen LogP contribution in [0.4, 0.5) is 0 Å². The SMILES string of the molecule is CCCN1CCC(NC(=NCCc2ccco2)NCC)CC1.I. The van der Waals surface area contributed by atoms with Crippen molar-refractivity contribution in [2.24, 2.45) is 4.99 Å². The van der Waals surface area contributed by atoms with Gasteiger partial charge in [-0.2, -0.15) is 0 Å². The summed E-state index contributed by atoms with van der Waals surface area (Å²) in [6.07, 6.45) is 6.20. The molecule has 5 nitrogen and oxygen atoms in total. The molecule has 0 aromatic carbocycles. The van der Waals surface area contributed by atoms with Crippen LogP contribution in [0.5, 0.6) is 0 Å². The van der Waals surface area contributed by atoms with Gasteiger partial charge in [0, 0.05) is 38.6 Å². The van der Waals surface area contributed by atoms with Gasteiger partial charge in [-0.25, -0.2) is 0 Å². The Morgan fingerprint density at radius 3 is 2.74 bits per heavy atom. The van der Waals surface area contributed by atoms with Gasteiger partial charge in [0.25, 0.3) is 0 Å². The van der Waals surface area contributed by atoms with Gasteiger partial charge in [0.1, 0.15) is 5.76 Å². The molecule has 0 spiro atoms. The average Bonchev–Trinajstić information content (AvgIpc) is 3.03. The van der Waals surface area contributed by atoms with E-state index in [1.165, 1.54) is 38.9 Å². The molecule has 2 N–H and O–H groups in total. The third-order valence-electron chi connectivity index (χ3n) is 4.02. The van der Waals surface area contributed by atoms with Gasteiger partial charge in [0.15, 0.2) is 5.96 Å². The highest BCUT2D eigenvalue weighted by Gasteiger charge is 2.19. The molecular weight excluding hydrogens is 403 g/mol. The Labute approximate surface area is 157 Å². The van der Waals surface area contributed by atoms with Crippen molar-refractivity contribution in [2.45, 2.75) is 45.6 Å². The number of guanidine groups is 1. The van der Waals surface area contributed by atoms with Crippen LogP contribution >= 0.6 is 24.0 Å². The molecule has 0 amide bonds. The Bertz CT molecular complexity index is 428. The summed E-state index contributed by atoms with van der Waals surface area (Å²) in [5.41, 5.74) is 0. The van der Waals surface area contributed by atoms with E-state index in [1.54, 1.807) is 6.26 Å². The second kappa shape index (κ2) is 11.7. The molecule has 1 aromatic rings. The van der Waals surface area contributed by atoms with E-state index in [-0.39, 0.29) is 24.0 Å². The monoisotopic (exact) mass is 434 g/mol. The molecule has 6 heteroatoms. The number of rotatable bonds is 7. The Kier molecular flexibility index (Phi) is 10.3. The number of nitrogens with zero attached hydrogens (tertiary/aromatic N) is 2. The number of nitrogens with one attached hydrogen (secondary N) is 2. The molecule has 0 atom stereocenters. The minimum absolute atomic E-state index is 0. The second-order valence-electron chi connectivity index (χ2n) is 5.85. The quantitative estimate of drug-likeness (QED) is 0.394. The zero-order chi connectivity index (χ0) is 15.6. The van der Waals surface area contributed by atoms with Crippen molar-refractivity contribution in [3.8, 4) is 0 Å². The molecule has 0 unspecified atom stereocenters. The summed E-state index contributed by atoms with van der Waals surface area (Å²) in [5.74, 6) is 1.93. The van der Waals surface area contributed by atoms with E-state index in [9.17, 15) is 0 Å². The topological polar surface area (TPSA) is 52.8 Å². The standard InChI is InChI=1S/C17H30N4O.HI/c1-3-11-21-12-8-15(9-13-21)20-17(18-4-2)19-10-7-16-6-5-14-22-16;/h5-6,14-15H,3-4,7-13H2,1-2H3,(H2,18,19,20);1H. The van der Waals surface area contributed by atoms with E-state index in [4.69, 9.17) is 4.42 Å². The lowest BCUT2D eigenvalue weighted by molar-refractivity contribution is 0.206. The first kappa shape index (κ1) is 20.3. The highest BCUT2D eigenvalue weighted by molar-refractivity contribution is 14.0. The van der Waals surface area contributed by atoms with Crippen LogP contribution in [0.3, 0.4) is 0 Å². The summed E-state index contributed by atoms with van der Waals surface area (Å²) < 4.78 is 5.34. The Morgan fingerprint density at radius 1 is 1.35 bits per heavy atom. The van der Waals surface area contributed by atoms with Crippen LogP contribution in [0, 0.1) is 0 Å². The van der Waals surface area contributed by atoms with E-state index in [0.29, 0.717) is 6.04 Å². The summed E-state index contributed by atoms with van der Waals surface area (Å²) in [4.78, 5) is 7.21. The van der Waals surface area contributed by atoms with Crippen molar-refractivity contribution in [3.05, 3.63) is 24.2 Å². The third-order valence-corrected chi connectivity index (χ3v) is 4.02. The molecule has 1 aliphatic heterocycles. The minimum atomic E-state index is 0. The first-order valence-corrected chi connectivity index (χ1v) is 8.61. The van der Waals surface area contributed by atoms with Crippen molar-refractivity contribution in [3.63, 3.8) is 0 Å². The number of likely N-dealkylation sites (tertiary alicyclic amines) is 1. The number of halogens is 1. The normalized spacial score (nSPS) is 16.9. The second-order valence-corrected chi connectivity index (χ2v) is 5.85. The van der Waals surface area contributed by atoms with Crippen LogP contribution in [0.25, 0.3) is 0 Å². The predicted molar refractivity (Wildman–Crippen MR) is 107 cm³/mol. The Morgan fingerprint density at radius 2 is 2.13 bits per heavy atom. The van der Waals surface area contributed by atoms with Crippen LogP contribution in [0.2, 0.25) is 0 Å². The van der Waals surface area contributed by atoms with Gasteiger partial charge in [-0.05, 0) is 44.9 Å². The van der Waals surface area contributed by atoms with Gasteiger partial charge in [-0.3, -0.25) is 4.99 Å². The molecule has 1 aromatic heterocycles. The van der Waals surface area contributed by atoms with Crippen LogP contribution in [-0.4, -0.2) is 49.6 Å². The van der Waals surface area contributed by atoms with Gasteiger partial charge in [0.2, 0.25) is 0 Å². The van der Waals surface area contributed by atoms with Gasteiger partial charge >= 0.3 is 0 Å². The highest BCUT2D eigenvalue weighted by atomic mass is 127. The lowest BCUT2D eigenvalue weighted by atomic mass is 10.1. The molecule has 132 valence electrons. The van der Waals surface area contributed by atoms with Crippen LogP contribution in [-0.2, 0) is 6.42 Å². The first-order valence-electron chi connectivity index (χ1n) is 8.61. The molecule has 1 saturated heterocycles. The summed E-state index contributed by atoms with van der Waals surface area (Å²) >= 11 is 0. The molecule has 0 saturated carbocycles. The molecule has 2 heterocycles. The number of hydrogen-bond acceptors (Lipinski definition) is 3. The third kappa shape index (κ3) is 7.56. The van der Waals surface area contributed by atoms with Gasteiger partial charge in [-0.1, -0.05) is 6.92 Å². The van der Waals surface area contributed by atoms with E-state index in [2.05, 4.69) is 34.4 Å². The molecule has 1 aliphatic rings. The lowest BCUT2D eigenvalue weighted by Crippen LogP contribution is -2.48. The zero-order valence-corrected chi connectivity index (χ0v) is 16.7. The van der Waals surface area contributed by atoms with E-state index >= 15 is 0 Å². The first-order chi connectivity index (χ1) is 10.8. The van der Waals surface area contributed by atoms with Crippen molar-refractivity contribution < 1.29 is 4.42 Å². The maximum absolute atomic E-state index is 5.34. The number of aliphatic imine (C=N–C) groups is 1. The van der Waals surface area contributed by atoms with Crippen molar-refractivity contribution in [2.75, 3.05) is 32.7 Å². The fourth-order valence-corrected chi connectivity index (χ4v) is 2.86. The van der Waals surface area contributed by atoms with Crippen LogP contribution < -0.4 is 10.6 Å².